The molecule has 2 aliphatic rings. The van der Waals surface area contributed by atoms with E-state index >= 15 is 0 Å². The molecule has 1 saturated heterocycles. The summed E-state index contributed by atoms with van der Waals surface area (Å²) in [6.07, 6.45) is 3.28. The molecule has 0 aromatic heterocycles. The van der Waals surface area contributed by atoms with E-state index in [1.165, 1.54) is 0 Å². The maximum absolute atomic E-state index is 12.4. The van der Waals surface area contributed by atoms with Gasteiger partial charge in [0.15, 0.2) is 0 Å². The molecule has 3 N–H and O–H groups in total. The standard InChI is InChI=1S/C19H29N3O3/c1-13-11-22(12-14(2)25-13)18-6-4-3-5-17(18)21-19(24)20-15-7-9-16(23)10-8-15/h3-6,13-16,23H,7-12H2,1-2H3,(H2,20,21,24). The van der Waals surface area contributed by atoms with Crippen LogP contribution in [-0.2, 0) is 4.74 Å². The van der Waals surface area contributed by atoms with Gasteiger partial charge in [0.05, 0.1) is 29.7 Å². The SMILES string of the molecule is CC1CN(c2ccccc2NC(=O)NC2CCC(O)CC2)CC(C)O1. The van der Waals surface area contributed by atoms with E-state index in [1.807, 2.05) is 24.3 Å². The van der Waals surface area contributed by atoms with E-state index in [1.54, 1.807) is 0 Å². The van der Waals surface area contributed by atoms with Gasteiger partial charge >= 0.3 is 6.03 Å². The van der Waals surface area contributed by atoms with Crippen molar-refractivity contribution in [2.75, 3.05) is 23.3 Å². The lowest BCUT2D eigenvalue weighted by Crippen LogP contribution is -2.46. The van der Waals surface area contributed by atoms with Crippen LogP contribution in [0.15, 0.2) is 24.3 Å². The molecular formula is C19H29N3O3. The molecule has 0 spiro atoms. The minimum Gasteiger partial charge on any atom is -0.393 e. The van der Waals surface area contributed by atoms with Crippen molar-refractivity contribution in [3.05, 3.63) is 24.3 Å². The molecule has 2 atom stereocenters. The largest absolute Gasteiger partial charge is 0.393 e. The summed E-state index contributed by atoms with van der Waals surface area (Å²) in [4.78, 5) is 14.7. The van der Waals surface area contributed by atoms with Crippen molar-refractivity contribution in [2.24, 2.45) is 0 Å². The lowest BCUT2D eigenvalue weighted by Gasteiger charge is -2.37. The molecule has 1 aromatic carbocycles. The second-order valence-electron chi connectivity index (χ2n) is 7.28. The van der Waals surface area contributed by atoms with Gasteiger partial charge in [-0.25, -0.2) is 4.79 Å². The van der Waals surface area contributed by atoms with Crippen molar-refractivity contribution in [3.63, 3.8) is 0 Å². The zero-order valence-corrected chi connectivity index (χ0v) is 15.1. The van der Waals surface area contributed by atoms with Gasteiger partial charge in [-0.1, -0.05) is 12.1 Å². The predicted molar refractivity (Wildman–Crippen MR) is 99.1 cm³/mol. The van der Waals surface area contributed by atoms with Gasteiger partial charge in [0, 0.05) is 19.1 Å². The molecule has 6 nitrogen and oxygen atoms in total. The summed E-state index contributed by atoms with van der Waals surface area (Å²) in [5.41, 5.74) is 1.84. The van der Waals surface area contributed by atoms with Crippen LogP contribution in [0.3, 0.4) is 0 Å². The molecule has 1 aliphatic heterocycles. The molecule has 1 aromatic rings. The van der Waals surface area contributed by atoms with Gasteiger partial charge in [-0.3, -0.25) is 0 Å². The van der Waals surface area contributed by atoms with E-state index < -0.39 is 0 Å². The third-order valence-corrected chi connectivity index (χ3v) is 4.94. The van der Waals surface area contributed by atoms with E-state index in [0.29, 0.717) is 0 Å². The molecule has 1 heterocycles. The fraction of sp³-hybridized carbons (Fsp3) is 0.632. The molecule has 138 valence electrons. The second kappa shape index (κ2) is 8.06. The molecule has 25 heavy (non-hydrogen) atoms. The Kier molecular flexibility index (Phi) is 5.81. The number of aliphatic hydroxyl groups excluding tert-OH is 1. The average molecular weight is 347 g/mol. The highest BCUT2D eigenvalue weighted by Gasteiger charge is 2.25. The maximum atomic E-state index is 12.4. The number of ether oxygens (including phenoxy) is 1. The fourth-order valence-corrected chi connectivity index (χ4v) is 3.79. The molecule has 2 unspecified atom stereocenters. The van der Waals surface area contributed by atoms with Gasteiger partial charge in [-0.05, 0) is 51.7 Å². The summed E-state index contributed by atoms with van der Waals surface area (Å²) in [6.45, 7) is 5.77. The van der Waals surface area contributed by atoms with Crippen LogP contribution in [0, 0.1) is 0 Å². The third kappa shape index (κ3) is 4.86. The van der Waals surface area contributed by atoms with E-state index in [4.69, 9.17) is 4.74 Å². The number of nitrogens with zero attached hydrogens (tertiary/aromatic N) is 1. The number of morpholine rings is 1. The van der Waals surface area contributed by atoms with Crippen LogP contribution in [0.5, 0.6) is 0 Å². The van der Waals surface area contributed by atoms with Crippen molar-refractivity contribution < 1.29 is 14.6 Å². The number of carbonyl (C=O) groups excluding carboxylic acids is 1. The minimum absolute atomic E-state index is 0.138. The summed E-state index contributed by atoms with van der Waals surface area (Å²) in [7, 11) is 0. The highest BCUT2D eigenvalue weighted by atomic mass is 16.5. The second-order valence-corrected chi connectivity index (χ2v) is 7.28. The van der Waals surface area contributed by atoms with Gasteiger partial charge in [-0.2, -0.15) is 0 Å². The summed E-state index contributed by atoms with van der Waals surface area (Å²) >= 11 is 0. The van der Waals surface area contributed by atoms with Crippen molar-refractivity contribution in [2.45, 2.75) is 63.9 Å². The van der Waals surface area contributed by atoms with Crippen LogP contribution >= 0.6 is 0 Å². The normalized spacial score (nSPS) is 30.0. The first-order valence-electron chi connectivity index (χ1n) is 9.26. The topological polar surface area (TPSA) is 73.8 Å². The van der Waals surface area contributed by atoms with Gasteiger partial charge in [-0.15, -0.1) is 0 Å². The number of hydrogen-bond donors (Lipinski definition) is 3. The van der Waals surface area contributed by atoms with Crippen molar-refractivity contribution >= 4 is 17.4 Å². The zero-order chi connectivity index (χ0) is 17.8. The first kappa shape index (κ1) is 18.0. The van der Waals surface area contributed by atoms with Crippen LogP contribution in [-0.4, -0.2) is 48.6 Å². The average Bonchev–Trinajstić information content (AvgIpc) is 2.56. The van der Waals surface area contributed by atoms with Gasteiger partial charge in [0.25, 0.3) is 0 Å². The quantitative estimate of drug-likeness (QED) is 0.786. The van der Waals surface area contributed by atoms with Crippen molar-refractivity contribution in [1.29, 1.82) is 0 Å². The van der Waals surface area contributed by atoms with Gasteiger partial charge in [0.1, 0.15) is 0 Å². The molecule has 6 heteroatoms. The van der Waals surface area contributed by atoms with Crippen LogP contribution in [0.25, 0.3) is 0 Å². The smallest absolute Gasteiger partial charge is 0.319 e. The lowest BCUT2D eigenvalue weighted by atomic mass is 9.93. The number of urea groups is 1. The number of rotatable bonds is 3. The molecule has 1 saturated carbocycles. The first-order valence-corrected chi connectivity index (χ1v) is 9.26. The number of hydrogen-bond acceptors (Lipinski definition) is 4. The lowest BCUT2D eigenvalue weighted by molar-refractivity contribution is -0.00517. The Balaban J connectivity index is 1.63. The number of amides is 2. The molecule has 2 amide bonds. The Morgan fingerprint density at radius 2 is 1.76 bits per heavy atom. The van der Waals surface area contributed by atoms with E-state index in [9.17, 15) is 9.90 Å². The van der Waals surface area contributed by atoms with E-state index in [2.05, 4.69) is 29.4 Å². The Bertz CT molecular complexity index is 577. The molecule has 3 rings (SSSR count). The Hall–Kier alpha value is -1.79. The molecule has 1 aliphatic carbocycles. The van der Waals surface area contributed by atoms with Crippen LogP contribution < -0.4 is 15.5 Å². The van der Waals surface area contributed by atoms with E-state index in [-0.39, 0.29) is 30.4 Å². The summed E-state index contributed by atoms with van der Waals surface area (Å²) in [6, 6.07) is 7.86. The van der Waals surface area contributed by atoms with Crippen molar-refractivity contribution in [3.8, 4) is 0 Å². The van der Waals surface area contributed by atoms with Gasteiger partial charge in [0.2, 0.25) is 0 Å². The first-order chi connectivity index (χ1) is 12.0. The Morgan fingerprint density at radius 1 is 1.12 bits per heavy atom. The van der Waals surface area contributed by atoms with Gasteiger partial charge < -0.3 is 25.4 Å². The summed E-state index contributed by atoms with van der Waals surface area (Å²) in [5, 5.41) is 15.6. The van der Waals surface area contributed by atoms with E-state index in [0.717, 1.165) is 50.1 Å². The number of aliphatic hydroxyl groups is 1. The number of para-hydroxylation sites is 2. The summed E-state index contributed by atoms with van der Waals surface area (Å²) < 4.78 is 5.81. The zero-order valence-electron chi connectivity index (χ0n) is 15.1. The van der Waals surface area contributed by atoms with Crippen molar-refractivity contribution in [1.82, 2.24) is 5.32 Å². The Morgan fingerprint density at radius 3 is 2.44 bits per heavy atom. The highest BCUT2D eigenvalue weighted by molar-refractivity contribution is 5.93. The summed E-state index contributed by atoms with van der Waals surface area (Å²) in [5.74, 6) is 0. The highest BCUT2D eigenvalue weighted by Crippen LogP contribution is 2.28. The molecule has 0 radical (unpaired) electrons. The third-order valence-electron chi connectivity index (χ3n) is 4.94. The monoisotopic (exact) mass is 347 g/mol. The Labute approximate surface area is 149 Å². The van der Waals surface area contributed by atoms with Crippen LogP contribution in [0.2, 0.25) is 0 Å². The minimum atomic E-state index is -0.216. The number of nitrogens with one attached hydrogen (secondary N) is 2. The molecule has 2 fully saturated rings. The molecular weight excluding hydrogens is 318 g/mol. The molecule has 0 bridgehead atoms. The number of anilines is 2. The predicted octanol–water partition coefficient (Wildman–Crippen LogP) is 2.73. The fourth-order valence-electron chi connectivity index (χ4n) is 3.79. The maximum Gasteiger partial charge on any atom is 0.319 e. The number of benzene rings is 1. The number of carbonyl (C=O) groups is 1. The van der Waals surface area contributed by atoms with Crippen LogP contribution in [0.1, 0.15) is 39.5 Å². The van der Waals surface area contributed by atoms with Crippen LogP contribution in [0.4, 0.5) is 16.2 Å².